The van der Waals surface area contributed by atoms with Gasteiger partial charge in [-0.1, -0.05) is 0 Å². The lowest BCUT2D eigenvalue weighted by Gasteiger charge is -2.28. The van der Waals surface area contributed by atoms with E-state index >= 15 is 4.39 Å². The summed E-state index contributed by atoms with van der Waals surface area (Å²) in [6, 6.07) is 3.79. The summed E-state index contributed by atoms with van der Waals surface area (Å²) >= 11 is 0. The minimum Gasteiger partial charge on any atom is -0.461 e. The van der Waals surface area contributed by atoms with Crippen LogP contribution < -0.4 is 0 Å². The van der Waals surface area contributed by atoms with Crippen LogP contribution in [0.2, 0.25) is 0 Å². The number of hydrogen-bond acceptors (Lipinski definition) is 8. The second-order valence-corrected chi connectivity index (χ2v) is 10.7. The summed E-state index contributed by atoms with van der Waals surface area (Å²) in [6.07, 6.45) is 9.10. The number of carbonyl (C=O) groups excluding carboxylic acids is 1. The number of esters is 1. The van der Waals surface area contributed by atoms with Gasteiger partial charge in [-0.2, -0.15) is 5.10 Å². The Labute approximate surface area is 229 Å². The molecule has 0 N–H and O–H groups in total. The number of halogens is 2. The van der Waals surface area contributed by atoms with Crippen molar-refractivity contribution in [1.29, 1.82) is 0 Å². The average Bonchev–Trinajstić information content (AvgIpc) is 3.91. The highest BCUT2D eigenvalue weighted by Crippen LogP contribution is 2.43. The second-order valence-electron chi connectivity index (χ2n) is 10.7. The summed E-state index contributed by atoms with van der Waals surface area (Å²) < 4.78 is 42.3. The maximum atomic E-state index is 15.1. The van der Waals surface area contributed by atoms with Crippen LogP contribution in [0.3, 0.4) is 0 Å². The first-order valence-corrected chi connectivity index (χ1v) is 13.9. The lowest BCUT2D eigenvalue weighted by Crippen LogP contribution is -2.21. The van der Waals surface area contributed by atoms with Gasteiger partial charge >= 0.3 is 5.97 Å². The van der Waals surface area contributed by atoms with E-state index in [0.717, 1.165) is 37.3 Å². The van der Waals surface area contributed by atoms with Crippen molar-refractivity contribution in [2.24, 2.45) is 0 Å². The number of hydrogen-bond donors (Lipinski definition) is 0. The Morgan fingerprint density at radius 3 is 2.67 bits per heavy atom. The highest BCUT2D eigenvalue weighted by molar-refractivity contribution is 5.94. The van der Waals surface area contributed by atoms with Gasteiger partial charge in [-0.15, -0.1) is 0 Å². The SMILES string of the molecule is CCOC(=O)c1nc2c(-c3ccc(F)cc3F)nc(C3CCO[C@@H](c4cnn(C5CC5)c4)C3)nc2nc1C1CC1. The number of benzene rings is 1. The third-order valence-corrected chi connectivity index (χ3v) is 7.76. The van der Waals surface area contributed by atoms with Gasteiger partial charge in [-0.25, -0.2) is 33.5 Å². The molecule has 3 aliphatic rings. The smallest absolute Gasteiger partial charge is 0.358 e. The van der Waals surface area contributed by atoms with Crippen molar-refractivity contribution in [2.45, 2.75) is 69.4 Å². The van der Waals surface area contributed by atoms with E-state index in [1.54, 1.807) is 6.92 Å². The van der Waals surface area contributed by atoms with E-state index in [0.29, 0.717) is 37.0 Å². The van der Waals surface area contributed by atoms with Gasteiger partial charge in [-0.05, 0) is 57.6 Å². The molecule has 206 valence electrons. The second kappa shape index (κ2) is 9.96. The predicted octanol–water partition coefficient (Wildman–Crippen LogP) is 5.59. The molecule has 3 aromatic heterocycles. The van der Waals surface area contributed by atoms with Crippen molar-refractivity contribution < 1.29 is 23.0 Å². The van der Waals surface area contributed by atoms with E-state index in [4.69, 9.17) is 24.4 Å². The van der Waals surface area contributed by atoms with Crippen molar-refractivity contribution in [3.63, 3.8) is 0 Å². The van der Waals surface area contributed by atoms with Crippen LogP contribution in [-0.4, -0.2) is 48.9 Å². The fraction of sp³-hybridized carbons (Fsp3) is 0.448. The quantitative estimate of drug-likeness (QED) is 0.277. The minimum atomic E-state index is -0.783. The highest BCUT2D eigenvalue weighted by atomic mass is 19.1. The van der Waals surface area contributed by atoms with Crippen LogP contribution in [-0.2, 0) is 9.47 Å². The molecule has 1 unspecified atom stereocenters. The van der Waals surface area contributed by atoms with Crippen LogP contribution in [0.25, 0.3) is 22.4 Å². The third-order valence-electron chi connectivity index (χ3n) is 7.76. The Balaban J connectivity index is 1.33. The molecule has 9 nitrogen and oxygen atoms in total. The van der Waals surface area contributed by atoms with Crippen LogP contribution in [0, 0.1) is 11.6 Å². The zero-order chi connectivity index (χ0) is 27.4. The zero-order valence-corrected chi connectivity index (χ0v) is 22.0. The van der Waals surface area contributed by atoms with Crippen molar-refractivity contribution in [1.82, 2.24) is 29.7 Å². The molecule has 3 fully saturated rings. The third kappa shape index (κ3) is 4.72. The molecule has 11 heteroatoms. The van der Waals surface area contributed by atoms with Gasteiger partial charge in [0.05, 0.1) is 30.6 Å². The molecule has 1 aromatic carbocycles. The van der Waals surface area contributed by atoms with Gasteiger partial charge in [0.25, 0.3) is 0 Å². The summed E-state index contributed by atoms with van der Waals surface area (Å²) in [7, 11) is 0. The van der Waals surface area contributed by atoms with Crippen LogP contribution in [0.15, 0.2) is 30.6 Å². The Kier molecular flexibility index (Phi) is 6.25. The first kappa shape index (κ1) is 25.1. The van der Waals surface area contributed by atoms with E-state index in [1.165, 1.54) is 12.1 Å². The molecule has 7 rings (SSSR count). The number of ether oxygens (including phenoxy) is 2. The summed E-state index contributed by atoms with van der Waals surface area (Å²) in [5, 5.41) is 4.51. The van der Waals surface area contributed by atoms with Crippen LogP contribution in [0.1, 0.15) is 97.0 Å². The summed E-state index contributed by atoms with van der Waals surface area (Å²) in [5.41, 5.74) is 2.33. The van der Waals surface area contributed by atoms with Gasteiger partial charge in [0.1, 0.15) is 28.7 Å². The molecular formula is C29H28F2N6O3. The fourth-order valence-electron chi connectivity index (χ4n) is 5.34. The first-order chi connectivity index (χ1) is 19.5. The lowest BCUT2D eigenvalue weighted by atomic mass is 9.92. The zero-order valence-electron chi connectivity index (χ0n) is 22.0. The molecule has 4 aromatic rings. The van der Waals surface area contributed by atoms with Crippen LogP contribution in [0.5, 0.6) is 0 Å². The van der Waals surface area contributed by atoms with Gasteiger partial charge in [0.2, 0.25) is 0 Å². The number of carbonyl (C=O) groups is 1. The van der Waals surface area contributed by atoms with Crippen molar-refractivity contribution in [3.05, 3.63) is 65.0 Å². The van der Waals surface area contributed by atoms with Gasteiger partial charge in [-0.3, -0.25) is 4.68 Å². The van der Waals surface area contributed by atoms with E-state index in [1.807, 2.05) is 10.9 Å². The molecule has 4 heterocycles. The Hall–Kier alpha value is -3.86. The Bertz CT molecular complexity index is 1620. The Morgan fingerprint density at radius 2 is 1.93 bits per heavy atom. The van der Waals surface area contributed by atoms with E-state index in [-0.39, 0.29) is 52.7 Å². The minimum absolute atomic E-state index is 0.0626. The number of nitrogens with zero attached hydrogens (tertiary/aromatic N) is 6. The summed E-state index contributed by atoms with van der Waals surface area (Å²) in [4.78, 5) is 31.8. The number of fused-ring (bicyclic) bond motifs is 1. The summed E-state index contributed by atoms with van der Waals surface area (Å²) in [6.45, 7) is 2.41. The molecule has 1 aliphatic heterocycles. The van der Waals surface area contributed by atoms with Crippen molar-refractivity contribution in [2.75, 3.05) is 13.2 Å². The molecule has 0 bridgehead atoms. The van der Waals surface area contributed by atoms with Crippen LogP contribution in [0.4, 0.5) is 8.78 Å². The van der Waals surface area contributed by atoms with Gasteiger partial charge in [0, 0.05) is 41.8 Å². The maximum absolute atomic E-state index is 15.1. The lowest BCUT2D eigenvalue weighted by molar-refractivity contribution is 0.00396. The molecule has 40 heavy (non-hydrogen) atoms. The molecule has 2 atom stereocenters. The van der Waals surface area contributed by atoms with Crippen molar-refractivity contribution >= 4 is 17.1 Å². The largest absolute Gasteiger partial charge is 0.461 e. The van der Waals surface area contributed by atoms with Crippen molar-refractivity contribution in [3.8, 4) is 11.3 Å². The molecule has 1 saturated heterocycles. The monoisotopic (exact) mass is 546 g/mol. The molecule has 0 amide bonds. The number of aromatic nitrogens is 6. The van der Waals surface area contributed by atoms with E-state index in [2.05, 4.69) is 16.3 Å². The van der Waals surface area contributed by atoms with Crippen LogP contribution >= 0.6 is 0 Å². The highest BCUT2D eigenvalue weighted by Gasteiger charge is 2.34. The topological polar surface area (TPSA) is 105 Å². The molecule has 2 saturated carbocycles. The molecule has 0 radical (unpaired) electrons. The first-order valence-electron chi connectivity index (χ1n) is 13.9. The maximum Gasteiger partial charge on any atom is 0.358 e. The normalized spacial score (nSPS) is 21.1. The Morgan fingerprint density at radius 1 is 1.07 bits per heavy atom. The fourth-order valence-corrected chi connectivity index (χ4v) is 5.34. The van der Waals surface area contributed by atoms with E-state index < -0.39 is 17.6 Å². The van der Waals surface area contributed by atoms with Gasteiger partial charge in [0.15, 0.2) is 11.3 Å². The standard InChI is InChI=1S/C29H28F2N6O3/c1-2-39-29(38)26-23(15-3-4-15)34-28-25(33-26)24(20-8-5-18(30)12-21(20)31)35-27(36-28)16-9-10-40-22(11-16)17-13-32-37(14-17)19-6-7-19/h5,8,12-16,19,22H,2-4,6-7,9-11H2,1H3/t16?,22-/m1/s1. The number of rotatable bonds is 7. The summed E-state index contributed by atoms with van der Waals surface area (Å²) in [5.74, 6) is -1.58. The molecular weight excluding hydrogens is 518 g/mol. The van der Waals surface area contributed by atoms with E-state index in [9.17, 15) is 9.18 Å². The van der Waals surface area contributed by atoms with Gasteiger partial charge < -0.3 is 9.47 Å². The molecule has 0 spiro atoms. The molecule has 2 aliphatic carbocycles. The predicted molar refractivity (Wildman–Crippen MR) is 140 cm³/mol. The average molecular weight is 547 g/mol.